The largest absolute Gasteiger partial charge is 0.495 e. The number of hydrogen-bond acceptors (Lipinski definition) is 7. The molecular formula is C22H25N3O5S. The number of carbonyl (C=O) groups excluding carboxylic acids is 2. The summed E-state index contributed by atoms with van der Waals surface area (Å²) in [6.45, 7) is 7.00. The van der Waals surface area contributed by atoms with Gasteiger partial charge in [-0.3, -0.25) is 14.2 Å². The number of nitrogens with one attached hydrogen (secondary N) is 1. The number of thiophene rings is 1. The molecule has 31 heavy (non-hydrogen) atoms. The average molecular weight is 444 g/mol. The number of fused-ring (bicyclic) bond motifs is 1. The average Bonchev–Trinajstić information content (AvgIpc) is 3.11. The Kier molecular flexibility index (Phi) is 6.74. The first-order chi connectivity index (χ1) is 14.8. The lowest BCUT2D eigenvalue weighted by molar-refractivity contribution is -0.152. The molecule has 0 aliphatic rings. The number of amides is 1. The van der Waals surface area contributed by atoms with Gasteiger partial charge in [0.2, 0.25) is 0 Å². The summed E-state index contributed by atoms with van der Waals surface area (Å²) < 4.78 is 11.9. The fourth-order valence-corrected chi connectivity index (χ4v) is 4.08. The van der Waals surface area contributed by atoms with Gasteiger partial charge in [0.25, 0.3) is 11.5 Å². The molecule has 1 amide bonds. The molecule has 0 unspecified atom stereocenters. The first-order valence-electron chi connectivity index (χ1n) is 9.93. The Morgan fingerprint density at radius 3 is 2.65 bits per heavy atom. The summed E-state index contributed by atoms with van der Waals surface area (Å²) in [5.41, 5.74) is 0.657. The van der Waals surface area contributed by atoms with Crippen LogP contribution in [0.2, 0.25) is 0 Å². The third-order valence-corrected chi connectivity index (χ3v) is 6.29. The third-order valence-electron chi connectivity index (χ3n) is 5.09. The first-order valence-corrected chi connectivity index (χ1v) is 10.7. The zero-order chi connectivity index (χ0) is 22.7. The number of hydrogen-bond donors (Lipinski definition) is 1. The zero-order valence-electron chi connectivity index (χ0n) is 18.1. The number of methoxy groups -OCH3 is 1. The summed E-state index contributed by atoms with van der Waals surface area (Å²) in [7, 11) is 1.52. The van der Waals surface area contributed by atoms with Gasteiger partial charge in [0, 0.05) is 0 Å². The van der Waals surface area contributed by atoms with Gasteiger partial charge in [-0.15, -0.1) is 11.3 Å². The second-order valence-electron chi connectivity index (χ2n) is 7.18. The number of para-hydroxylation sites is 2. The number of carbonyl (C=O) groups is 2. The number of anilines is 1. The molecular weight excluding hydrogens is 418 g/mol. The SMILES string of the molecule is CC[C@H](C)OC(=O)[C@@H](C)n1cnc2sc(C(=O)Nc3ccccc3OC)c(C)c2c1=O. The smallest absolute Gasteiger partial charge is 0.329 e. The van der Waals surface area contributed by atoms with Crippen molar-refractivity contribution in [2.75, 3.05) is 12.4 Å². The van der Waals surface area contributed by atoms with E-state index in [1.165, 1.54) is 18.0 Å². The highest BCUT2D eigenvalue weighted by Gasteiger charge is 2.24. The number of esters is 1. The molecule has 3 rings (SSSR count). The Hall–Kier alpha value is -3.20. The topological polar surface area (TPSA) is 99.5 Å². The molecule has 0 aliphatic carbocycles. The van der Waals surface area contributed by atoms with Crippen molar-refractivity contribution in [3.63, 3.8) is 0 Å². The van der Waals surface area contributed by atoms with Gasteiger partial charge in [-0.05, 0) is 44.9 Å². The van der Waals surface area contributed by atoms with Crippen molar-refractivity contribution in [3.8, 4) is 5.75 Å². The monoisotopic (exact) mass is 443 g/mol. The van der Waals surface area contributed by atoms with E-state index in [0.29, 0.717) is 38.5 Å². The van der Waals surface area contributed by atoms with Crippen LogP contribution in [0.1, 0.15) is 48.5 Å². The number of aryl methyl sites for hydroxylation is 1. The summed E-state index contributed by atoms with van der Waals surface area (Å²) in [4.78, 5) is 43.5. The maximum absolute atomic E-state index is 13.1. The highest BCUT2D eigenvalue weighted by Crippen LogP contribution is 2.30. The van der Waals surface area contributed by atoms with Crippen LogP contribution in [-0.4, -0.2) is 34.6 Å². The molecule has 0 aliphatic heterocycles. The fourth-order valence-electron chi connectivity index (χ4n) is 3.05. The predicted octanol–water partition coefficient (Wildman–Crippen LogP) is 3.93. The lowest BCUT2D eigenvalue weighted by Gasteiger charge is -2.17. The van der Waals surface area contributed by atoms with E-state index in [4.69, 9.17) is 9.47 Å². The van der Waals surface area contributed by atoms with Gasteiger partial charge < -0.3 is 14.8 Å². The maximum Gasteiger partial charge on any atom is 0.329 e. The van der Waals surface area contributed by atoms with Crippen LogP contribution in [0, 0.1) is 6.92 Å². The summed E-state index contributed by atoms with van der Waals surface area (Å²) >= 11 is 1.13. The summed E-state index contributed by atoms with van der Waals surface area (Å²) in [5.74, 6) is -0.330. The number of ether oxygens (including phenoxy) is 2. The summed E-state index contributed by atoms with van der Waals surface area (Å²) in [6.07, 6.45) is 1.76. The Morgan fingerprint density at radius 1 is 1.26 bits per heavy atom. The molecule has 3 aromatic rings. The highest BCUT2D eigenvalue weighted by molar-refractivity contribution is 7.20. The number of rotatable bonds is 7. The molecule has 0 bridgehead atoms. The van der Waals surface area contributed by atoms with E-state index in [1.54, 1.807) is 45.0 Å². The lowest BCUT2D eigenvalue weighted by atomic mass is 10.2. The fraction of sp³-hybridized carbons (Fsp3) is 0.364. The Labute approximate surface area is 183 Å². The molecule has 2 heterocycles. The number of nitrogens with zero attached hydrogens (tertiary/aromatic N) is 2. The van der Waals surface area contributed by atoms with E-state index in [2.05, 4.69) is 10.3 Å². The van der Waals surface area contributed by atoms with Crippen molar-refractivity contribution in [2.24, 2.45) is 0 Å². The number of aromatic nitrogens is 2. The van der Waals surface area contributed by atoms with Crippen molar-refractivity contribution in [1.29, 1.82) is 0 Å². The molecule has 164 valence electrons. The molecule has 0 saturated carbocycles. The molecule has 8 nitrogen and oxygen atoms in total. The third kappa shape index (κ3) is 4.46. The van der Waals surface area contributed by atoms with Gasteiger partial charge in [-0.1, -0.05) is 19.1 Å². The summed E-state index contributed by atoms with van der Waals surface area (Å²) in [5, 5.41) is 3.14. The Bertz CT molecular complexity index is 1180. The van der Waals surface area contributed by atoms with Crippen LogP contribution in [0.25, 0.3) is 10.2 Å². The van der Waals surface area contributed by atoms with Crippen molar-refractivity contribution in [1.82, 2.24) is 9.55 Å². The normalized spacial score (nSPS) is 12.9. The molecule has 0 saturated heterocycles. The van der Waals surface area contributed by atoms with Crippen molar-refractivity contribution >= 4 is 39.1 Å². The molecule has 0 spiro atoms. The van der Waals surface area contributed by atoms with Gasteiger partial charge in [-0.2, -0.15) is 0 Å². The van der Waals surface area contributed by atoms with Crippen molar-refractivity contribution < 1.29 is 19.1 Å². The second-order valence-corrected chi connectivity index (χ2v) is 8.18. The Morgan fingerprint density at radius 2 is 1.97 bits per heavy atom. The molecule has 0 radical (unpaired) electrons. The first kappa shape index (κ1) is 22.5. The predicted molar refractivity (Wildman–Crippen MR) is 120 cm³/mol. The Balaban J connectivity index is 1.95. The quantitative estimate of drug-likeness (QED) is 0.556. The van der Waals surface area contributed by atoms with Crippen LogP contribution in [0.3, 0.4) is 0 Å². The van der Waals surface area contributed by atoms with Crippen LogP contribution < -0.4 is 15.6 Å². The zero-order valence-corrected chi connectivity index (χ0v) is 18.9. The van der Waals surface area contributed by atoms with Gasteiger partial charge in [0.1, 0.15) is 16.6 Å². The second kappa shape index (κ2) is 9.30. The summed E-state index contributed by atoms with van der Waals surface area (Å²) in [6, 6.07) is 6.24. The van der Waals surface area contributed by atoms with Crippen LogP contribution in [0.15, 0.2) is 35.4 Å². The van der Waals surface area contributed by atoms with E-state index < -0.39 is 12.0 Å². The van der Waals surface area contributed by atoms with Crippen LogP contribution in [-0.2, 0) is 9.53 Å². The van der Waals surface area contributed by atoms with Crippen LogP contribution in [0.4, 0.5) is 5.69 Å². The minimum Gasteiger partial charge on any atom is -0.495 e. The van der Waals surface area contributed by atoms with E-state index in [9.17, 15) is 14.4 Å². The van der Waals surface area contributed by atoms with Crippen molar-refractivity contribution in [3.05, 3.63) is 51.4 Å². The van der Waals surface area contributed by atoms with E-state index in [1.807, 2.05) is 6.92 Å². The molecule has 2 atom stereocenters. The van der Waals surface area contributed by atoms with E-state index in [0.717, 1.165) is 11.3 Å². The standard InChI is InChI=1S/C22H25N3O5S/c1-6-12(2)30-22(28)14(4)25-11-23-20-17(21(25)27)13(3)18(31-20)19(26)24-15-9-7-8-10-16(15)29-5/h7-12,14H,6H2,1-5H3,(H,24,26)/t12-,14+/m0/s1. The molecule has 0 fully saturated rings. The van der Waals surface area contributed by atoms with E-state index >= 15 is 0 Å². The molecule has 9 heteroatoms. The van der Waals surface area contributed by atoms with Crippen LogP contribution >= 0.6 is 11.3 Å². The van der Waals surface area contributed by atoms with Gasteiger partial charge in [0.15, 0.2) is 0 Å². The molecule has 1 N–H and O–H groups in total. The molecule has 2 aromatic heterocycles. The highest BCUT2D eigenvalue weighted by atomic mass is 32.1. The van der Waals surface area contributed by atoms with Gasteiger partial charge >= 0.3 is 5.97 Å². The van der Waals surface area contributed by atoms with Gasteiger partial charge in [0.05, 0.1) is 35.5 Å². The van der Waals surface area contributed by atoms with E-state index in [-0.39, 0.29) is 17.6 Å². The minimum absolute atomic E-state index is 0.240. The number of benzene rings is 1. The van der Waals surface area contributed by atoms with Gasteiger partial charge in [-0.25, -0.2) is 9.78 Å². The maximum atomic E-state index is 13.1. The van der Waals surface area contributed by atoms with Crippen molar-refractivity contribution in [2.45, 2.75) is 46.3 Å². The lowest BCUT2D eigenvalue weighted by Crippen LogP contribution is -2.31. The molecule has 1 aromatic carbocycles. The minimum atomic E-state index is -0.830. The van der Waals surface area contributed by atoms with Crippen LogP contribution in [0.5, 0.6) is 5.75 Å².